The van der Waals surface area contributed by atoms with Crippen LogP contribution >= 0.6 is 11.3 Å². The Hall–Kier alpha value is -0.890. The summed E-state index contributed by atoms with van der Waals surface area (Å²) in [6.07, 6.45) is 6.97. The van der Waals surface area contributed by atoms with Crippen LogP contribution in [0.1, 0.15) is 52.2 Å². The summed E-state index contributed by atoms with van der Waals surface area (Å²) in [4.78, 5) is 14.0. The van der Waals surface area contributed by atoms with Gasteiger partial charge < -0.3 is 0 Å². The Morgan fingerprint density at radius 1 is 1.38 bits per heavy atom. The summed E-state index contributed by atoms with van der Waals surface area (Å²) < 4.78 is 0. The Morgan fingerprint density at radius 3 is 2.69 bits per heavy atom. The molecule has 0 radical (unpaired) electrons. The van der Waals surface area contributed by atoms with Gasteiger partial charge in [-0.15, -0.1) is 17.9 Å². The summed E-state index contributed by atoms with van der Waals surface area (Å²) in [6.45, 7) is 7.82. The zero-order valence-electron chi connectivity index (χ0n) is 10.2. The quantitative estimate of drug-likeness (QED) is 0.381. The molecule has 0 aromatic carbocycles. The van der Waals surface area contributed by atoms with E-state index in [2.05, 4.69) is 20.4 Å². The maximum Gasteiger partial charge on any atom is 0.172 e. The van der Waals surface area contributed by atoms with Crippen molar-refractivity contribution in [3.05, 3.63) is 34.0 Å². The van der Waals surface area contributed by atoms with Gasteiger partial charge in [0.25, 0.3) is 0 Å². The topological polar surface area (TPSA) is 17.1 Å². The molecule has 0 aliphatic carbocycles. The highest BCUT2D eigenvalue weighted by Crippen LogP contribution is 2.22. The van der Waals surface area contributed by atoms with E-state index >= 15 is 0 Å². The predicted molar refractivity (Wildman–Crippen MR) is 71.4 cm³/mol. The predicted octanol–water partition coefficient (Wildman–Crippen LogP) is 4.68. The van der Waals surface area contributed by atoms with Crippen LogP contribution in [0.4, 0.5) is 0 Å². The number of rotatable bonds is 7. The number of hydrogen-bond acceptors (Lipinski definition) is 2. The first-order valence-electron chi connectivity index (χ1n) is 5.86. The van der Waals surface area contributed by atoms with Crippen LogP contribution in [0, 0.1) is 13.8 Å². The zero-order valence-corrected chi connectivity index (χ0v) is 11.0. The molecule has 2 heteroatoms. The van der Waals surface area contributed by atoms with Crippen molar-refractivity contribution in [2.24, 2.45) is 0 Å². The fourth-order valence-electron chi connectivity index (χ4n) is 1.58. The molecule has 1 rings (SSSR count). The Morgan fingerprint density at radius 2 is 2.12 bits per heavy atom. The van der Waals surface area contributed by atoms with Crippen LogP contribution in [0.25, 0.3) is 0 Å². The lowest BCUT2D eigenvalue weighted by molar-refractivity contribution is 0.0983. The molecule has 0 N–H and O–H groups in total. The van der Waals surface area contributed by atoms with E-state index < -0.39 is 0 Å². The SMILES string of the molecule is C=CCCCCCC(=O)c1cc(C)c(C)s1. The molecule has 1 nitrogen and oxygen atoms in total. The van der Waals surface area contributed by atoms with Crippen LogP contribution in [0.3, 0.4) is 0 Å². The number of aryl methyl sites for hydroxylation is 2. The lowest BCUT2D eigenvalue weighted by Crippen LogP contribution is -1.95. The number of Topliss-reactive ketones (excluding diaryl/α,β-unsaturated/α-hetero) is 1. The highest BCUT2D eigenvalue weighted by molar-refractivity contribution is 7.14. The minimum atomic E-state index is 0.305. The molecule has 0 bridgehead atoms. The van der Waals surface area contributed by atoms with Gasteiger partial charge in [0.1, 0.15) is 0 Å². The van der Waals surface area contributed by atoms with Crippen LogP contribution in [-0.2, 0) is 0 Å². The van der Waals surface area contributed by atoms with E-state index in [0.717, 1.165) is 30.6 Å². The fraction of sp³-hybridized carbons (Fsp3) is 0.500. The number of carbonyl (C=O) groups excluding carboxylic acids is 1. The zero-order chi connectivity index (χ0) is 12.0. The van der Waals surface area contributed by atoms with Gasteiger partial charge in [-0.1, -0.05) is 12.5 Å². The number of thiophene rings is 1. The van der Waals surface area contributed by atoms with Crippen molar-refractivity contribution in [1.29, 1.82) is 0 Å². The van der Waals surface area contributed by atoms with Gasteiger partial charge in [-0.05, 0) is 44.7 Å². The largest absolute Gasteiger partial charge is 0.293 e. The molecule has 1 heterocycles. The van der Waals surface area contributed by atoms with Gasteiger partial charge in [0.05, 0.1) is 4.88 Å². The third-order valence-corrected chi connectivity index (χ3v) is 3.95. The van der Waals surface area contributed by atoms with Gasteiger partial charge in [-0.2, -0.15) is 0 Å². The van der Waals surface area contributed by atoms with Crippen LogP contribution in [0.5, 0.6) is 0 Å². The van der Waals surface area contributed by atoms with Crippen LogP contribution in [0.2, 0.25) is 0 Å². The highest BCUT2D eigenvalue weighted by atomic mass is 32.1. The van der Waals surface area contributed by atoms with Crippen LogP contribution < -0.4 is 0 Å². The van der Waals surface area contributed by atoms with Crippen molar-refractivity contribution < 1.29 is 4.79 Å². The van der Waals surface area contributed by atoms with Gasteiger partial charge in [-0.3, -0.25) is 4.79 Å². The Labute approximate surface area is 102 Å². The molecule has 0 unspecified atom stereocenters. The first-order chi connectivity index (χ1) is 7.65. The minimum absolute atomic E-state index is 0.305. The minimum Gasteiger partial charge on any atom is -0.293 e. The monoisotopic (exact) mass is 236 g/mol. The van der Waals surface area contributed by atoms with Crippen molar-refractivity contribution in [1.82, 2.24) is 0 Å². The molecule has 0 aliphatic rings. The molecule has 1 aromatic rings. The smallest absolute Gasteiger partial charge is 0.172 e. The van der Waals surface area contributed by atoms with E-state index in [4.69, 9.17) is 0 Å². The molecule has 0 amide bonds. The average Bonchev–Trinajstić information content (AvgIpc) is 2.59. The van der Waals surface area contributed by atoms with E-state index in [0.29, 0.717) is 12.2 Å². The summed E-state index contributed by atoms with van der Waals surface area (Å²) in [7, 11) is 0. The van der Waals surface area contributed by atoms with E-state index in [1.165, 1.54) is 10.4 Å². The first-order valence-corrected chi connectivity index (χ1v) is 6.68. The summed E-state index contributed by atoms with van der Waals surface area (Å²) >= 11 is 1.63. The van der Waals surface area contributed by atoms with Gasteiger partial charge in [0, 0.05) is 11.3 Å². The maximum atomic E-state index is 11.8. The molecule has 16 heavy (non-hydrogen) atoms. The highest BCUT2D eigenvalue weighted by Gasteiger charge is 2.09. The molecule has 0 spiro atoms. The lowest BCUT2D eigenvalue weighted by Gasteiger charge is -1.97. The summed E-state index contributed by atoms with van der Waals surface area (Å²) in [5.74, 6) is 0.305. The van der Waals surface area contributed by atoms with Crippen LogP contribution in [-0.4, -0.2) is 5.78 Å². The molecule has 1 aromatic heterocycles. The maximum absolute atomic E-state index is 11.8. The van der Waals surface area contributed by atoms with Gasteiger partial charge in [0.2, 0.25) is 0 Å². The van der Waals surface area contributed by atoms with E-state index in [-0.39, 0.29) is 0 Å². The number of unbranched alkanes of at least 4 members (excludes halogenated alkanes) is 3. The molecular weight excluding hydrogens is 216 g/mol. The second kappa shape index (κ2) is 6.64. The van der Waals surface area contributed by atoms with E-state index in [1.807, 2.05) is 12.1 Å². The second-order valence-electron chi connectivity index (χ2n) is 4.16. The van der Waals surface area contributed by atoms with Crippen molar-refractivity contribution in [3.63, 3.8) is 0 Å². The van der Waals surface area contributed by atoms with Crippen LogP contribution in [0.15, 0.2) is 18.7 Å². The van der Waals surface area contributed by atoms with Crippen molar-refractivity contribution in [2.75, 3.05) is 0 Å². The number of ketones is 1. The summed E-state index contributed by atoms with van der Waals surface area (Å²) in [5.41, 5.74) is 1.24. The Balaban J connectivity index is 2.32. The third kappa shape index (κ3) is 3.93. The molecule has 0 fully saturated rings. The molecule has 0 atom stereocenters. The van der Waals surface area contributed by atoms with Crippen molar-refractivity contribution in [3.8, 4) is 0 Å². The molecule has 0 aliphatic heterocycles. The lowest BCUT2D eigenvalue weighted by atomic mass is 10.1. The standard InChI is InChI=1S/C14H20OS/c1-4-5-6-7-8-9-13(15)14-10-11(2)12(3)16-14/h4,10H,1,5-9H2,2-3H3. The van der Waals surface area contributed by atoms with E-state index in [1.54, 1.807) is 11.3 Å². The first kappa shape index (κ1) is 13.2. The second-order valence-corrected chi connectivity index (χ2v) is 5.42. The van der Waals surface area contributed by atoms with Crippen molar-refractivity contribution in [2.45, 2.75) is 46.0 Å². The average molecular weight is 236 g/mol. The molecule has 0 saturated carbocycles. The summed E-state index contributed by atoms with van der Waals surface area (Å²) in [5, 5.41) is 0. The molecular formula is C14H20OS. The number of hydrogen-bond donors (Lipinski definition) is 0. The fourth-order valence-corrected chi connectivity index (χ4v) is 2.59. The Bertz CT molecular complexity index is 343. The number of allylic oxidation sites excluding steroid dienone is 1. The molecule has 0 saturated heterocycles. The van der Waals surface area contributed by atoms with Gasteiger partial charge in [0.15, 0.2) is 5.78 Å². The molecule has 88 valence electrons. The van der Waals surface area contributed by atoms with E-state index in [9.17, 15) is 4.79 Å². The number of carbonyl (C=O) groups is 1. The third-order valence-electron chi connectivity index (χ3n) is 2.75. The van der Waals surface area contributed by atoms with Gasteiger partial charge in [-0.25, -0.2) is 0 Å². The Kier molecular flexibility index (Phi) is 5.47. The van der Waals surface area contributed by atoms with Gasteiger partial charge >= 0.3 is 0 Å². The normalized spacial score (nSPS) is 10.4. The van der Waals surface area contributed by atoms with Crippen molar-refractivity contribution >= 4 is 17.1 Å². The summed E-state index contributed by atoms with van der Waals surface area (Å²) in [6, 6.07) is 2.02.